The maximum Gasteiger partial charge on any atom is 0.0197 e. The van der Waals surface area contributed by atoms with Gasteiger partial charge in [-0.2, -0.15) is 0 Å². The van der Waals surface area contributed by atoms with Crippen LogP contribution in [0, 0.1) is 5.92 Å². The zero-order valence-electron chi connectivity index (χ0n) is 10.6. The van der Waals surface area contributed by atoms with E-state index in [4.69, 9.17) is 0 Å². The van der Waals surface area contributed by atoms with Gasteiger partial charge in [-0.25, -0.2) is 0 Å². The van der Waals surface area contributed by atoms with Gasteiger partial charge in [0.2, 0.25) is 0 Å². The maximum absolute atomic E-state index is 3.57. The molecular formula is C12H28N2. The fourth-order valence-corrected chi connectivity index (χ4v) is 1.98. The van der Waals surface area contributed by atoms with E-state index in [0.717, 1.165) is 19.0 Å². The van der Waals surface area contributed by atoms with Crippen molar-refractivity contribution < 1.29 is 0 Å². The highest BCUT2D eigenvalue weighted by atomic mass is 15.1. The van der Waals surface area contributed by atoms with Gasteiger partial charge in [-0.3, -0.25) is 0 Å². The lowest BCUT2D eigenvalue weighted by Crippen LogP contribution is -2.39. The minimum atomic E-state index is 0.667. The first-order valence-corrected chi connectivity index (χ1v) is 6.02. The second kappa shape index (κ2) is 8.25. The van der Waals surface area contributed by atoms with Gasteiger partial charge < -0.3 is 10.2 Å². The van der Waals surface area contributed by atoms with Crippen molar-refractivity contribution in [2.24, 2.45) is 5.92 Å². The Hall–Kier alpha value is -0.0800. The number of rotatable bonds is 8. The molecule has 0 aromatic carbocycles. The summed E-state index contributed by atoms with van der Waals surface area (Å²) in [6.07, 6.45) is 3.94. The Morgan fingerprint density at radius 2 is 1.64 bits per heavy atom. The monoisotopic (exact) mass is 200 g/mol. The van der Waals surface area contributed by atoms with Crippen molar-refractivity contribution in [2.75, 3.05) is 27.2 Å². The van der Waals surface area contributed by atoms with Gasteiger partial charge in [-0.1, -0.05) is 33.6 Å². The lowest BCUT2D eigenvalue weighted by molar-refractivity contribution is 0.291. The normalized spacial score (nSPS) is 13.9. The molecule has 0 bridgehead atoms. The van der Waals surface area contributed by atoms with Crippen molar-refractivity contribution in [2.45, 2.75) is 46.1 Å². The molecule has 1 atom stereocenters. The van der Waals surface area contributed by atoms with Crippen LogP contribution in [0.2, 0.25) is 0 Å². The van der Waals surface area contributed by atoms with Crippen LogP contribution in [0.15, 0.2) is 0 Å². The standard InChI is InChI=1S/C12H28N2/c1-6-11(7-2)9-12(13-8-3)10-14(4)5/h11-13H,6-10H2,1-5H3. The van der Waals surface area contributed by atoms with Gasteiger partial charge in [0, 0.05) is 12.6 Å². The third-order valence-electron chi connectivity index (χ3n) is 2.85. The summed E-state index contributed by atoms with van der Waals surface area (Å²) in [6, 6.07) is 0.667. The van der Waals surface area contributed by atoms with Gasteiger partial charge >= 0.3 is 0 Å². The zero-order valence-corrected chi connectivity index (χ0v) is 10.6. The highest BCUT2D eigenvalue weighted by Gasteiger charge is 2.13. The van der Waals surface area contributed by atoms with E-state index in [-0.39, 0.29) is 0 Å². The Balaban J connectivity index is 3.92. The number of nitrogens with zero attached hydrogens (tertiary/aromatic N) is 1. The molecule has 0 aliphatic rings. The molecule has 14 heavy (non-hydrogen) atoms. The summed E-state index contributed by atoms with van der Waals surface area (Å²) >= 11 is 0. The van der Waals surface area contributed by atoms with Gasteiger partial charge in [0.15, 0.2) is 0 Å². The molecule has 1 unspecified atom stereocenters. The van der Waals surface area contributed by atoms with E-state index in [1.807, 2.05) is 0 Å². The number of likely N-dealkylation sites (N-methyl/N-ethyl adjacent to an activating group) is 2. The fourth-order valence-electron chi connectivity index (χ4n) is 1.98. The number of hydrogen-bond acceptors (Lipinski definition) is 2. The second-order valence-corrected chi connectivity index (χ2v) is 4.44. The summed E-state index contributed by atoms with van der Waals surface area (Å²) in [6.45, 7) is 9.03. The van der Waals surface area contributed by atoms with Crippen molar-refractivity contribution in [1.82, 2.24) is 10.2 Å². The van der Waals surface area contributed by atoms with Crippen LogP contribution in [0.25, 0.3) is 0 Å². The van der Waals surface area contributed by atoms with Crippen molar-refractivity contribution in [3.05, 3.63) is 0 Å². The maximum atomic E-state index is 3.57. The summed E-state index contributed by atoms with van der Waals surface area (Å²) in [5.41, 5.74) is 0. The molecule has 0 saturated heterocycles. The topological polar surface area (TPSA) is 15.3 Å². The van der Waals surface area contributed by atoms with Gasteiger partial charge in [0.25, 0.3) is 0 Å². The molecule has 0 saturated carbocycles. The number of hydrogen-bond donors (Lipinski definition) is 1. The summed E-state index contributed by atoms with van der Waals surface area (Å²) < 4.78 is 0. The second-order valence-electron chi connectivity index (χ2n) is 4.44. The van der Waals surface area contributed by atoms with Gasteiger partial charge in [-0.05, 0) is 33.0 Å². The van der Waals surface area contributed by atoms with Crippen LogP contribution in [0.4, 0.5) is 0 Å². The van der Waals surface area contributed by atoms with Crippen molar-refractivity contribution in [3.63, 3.8) is 0 Å². The molecule has 0 radical (unpaired) electrons. The molecule has 2 nitrogen and oxygen atoms in total. The summed E-state index contributed by atoms with van der Waals surface area (Å²) in [5.74, 6) is 0.888. The quantitative estimate of drug-likeness (QED) is 0.647. The third kappa shape index (κ3) is 6.39. The predicted octanol–water partition coefficient (Wildman–Crippen LogP) is 2.35. The van der Waals surface area contributed by atoms with E-state index >= 15 is 0 Å². The summed E-state index contributed by atoms with van der Waals surface area (Å²) in [7, 11) is 4.30. The molecule has 1 N–H and O–H groups in total. The summed E-state index contributed by atoms with van der Waals surface area (Å²) in [5, 5.41) is 3.57. The number of nitrogens with one attached hydrogen (secondary N) is 1. The van der Waals surface area contributed by atoms with Crippen molar-refractivity contribution in [1.29, 1.82) is 0 Å². The molecule has 86 valence electrons. The average Bonchev–Trinajstić information content (AvgIpc) is 2.13. The van der Waals surface area contributed by atoms with E-state index in [9.17, 15) is 0 Å². The molecular weight excluding hydrogens is 172 g/mol. The summed E-state index contributed by atoms with van der Waals surface area (Å²) in [4.78, 5) is 2.27. The molecule has 0 fully saturated rings. The molecule has 0 aliphatic heterocycles. The van der Waals surface area contributed by atoms with Crippen LogP contribution in [0.5, 0.6) is 0 Å². The first kappa shape index (κ1) is 13.9. The van der Waals surface area contributed by atoms with E-state index in [0.29, 0.717) is 6.04 Å². The Morgan fingerprint density at radius 1 is 1.07 bits per heavy atom. The average molecular weight is 200 g/mol. The first-order valence-electron chi connectivity index (χ1n) is 6.02. The molecule has 0 aliphatic carbocycles. The first-order chi connectivity index (χ1) is 6.63. The lowest BCUT2D eigenvalue weighted by atomic mass is 9.94. The predicted molar refractivity (Wildman–Crippen MR) is 64.7 cm³/mol. The molecule has 2 heteroatoms. The zero-order chi connectivity index (χ0) is 11.0. The van der Waals surface area contributed by atoms with Crippen LogP contribution in [0.3, 0.4) is 0 Å². The van der Waals surface area contributed by atoms with Gasteiger partial charge in [0.05, 0.1) is 0 Å². The molecule has 0 aromatic rings. The minimum absolute atomic E-state index is 0.667. The SMILES string of the molecule is CCNC(CC(CC)CC)CN(C)C. The van der Waals surface area contributed by atoms with Crippen LogP contribution in [0.1, 0.15) is 40.0 Å². The largest absolute Gasteiger partial charge is 0.313 e. The fraction of sp³-hybridized carbons (Fsp3) is 1.00. The van der Waals surface area contributed by atoms with Crippen molar-refractivity contribution >= 4 is 0 Å². The van der Waals surface area contributed by atoms with Gasteiger partial charge in [0.1, 0.15) is 0 Å². The molecule has 0 rings (SSSR count). The van der Waals surface area contributed by atoms with Gasteiger partial charge in [-0.15, -0.1) is 0 Å². The van der Waals surface area contributed by atoms with Crippen LogP contribution >= 0.6 is 0 Å². The van der Waals surface area contributed by atoms with Crippen LogP contribution < -0.4 is 5.32 Å². The Kier molecular flexibility index (Phi) is 8.20. The smallest absolute Gasteiger partial charge is 0.0197 e. The Bertz CT molecular complexity index is 119. The van der Waals surface area contributed by atoms with Crippen LogP contribution in [-0.2, 0) is 0 Å². The van der Waals surface area contributed by atoms with E-state index in [1.165, 1.54) is 19.3 Å². The highest BCUT2D eigenvalue weighted by molar-refractivity contribution is 4.72. The highest BCUT2D eigenvalue weighted by Crippen LogP contribution is 2.15. The van der Waals surface area contributed by atoms with E-state index < -0.39 is 0 Å². The lowest BCUT2D eigenvalue weighted by Gasteiger charge is -2.25. The minimum Gasteiger partial charge on any atom is -0.313 e. The van der Waals surface area contributed by atoms with Crippen molar-refractivity contribution in [3.8, 4) is 0 Å². The van der Waals surface area contributed by atoms with E-state index in [1.54, 1.807) is 0 Å². The molecule has 0 heterocycles. The van der Waals surface area contributed by atoms with E-state index in [2.05, 4.69) is 45.1 Å². The molecule has 0 aromatic heterocycles. The molecule has 0 spiro atoms. The third-order valence-corrected chi connectivity index (χ3v) is 2.85. The Labute approximate surface area is 90.1 Å². The molecule has 0 amide bonds. The van der Waals surface area contributed by atoms with Crippen LogP contribution in [-0.4, -0.2) is 38.1 Å². The Morgan fingerprint density at radius 3 is 2.00 bits per heavy atom.